The van der Waals surface area contributed by atoms with Crippen molar-refractivity contribution in [3.63, 3.8) is 0 Å². The number of benzene rings is 2. The molecular formula is C25H25ClN2O7. The summed E-state index contributed by atoms with van der Waals surface area (Å²) in [5.74, 6) is -1.72. The first-order valence-electron chi connectivity index (χ1n) is 10.8. The van der Waals surface area contributed by atoms with E-state index in [1.54, 1.807) is 54.0 Å². The van der Waals surface area contributed by atoms with Crippen LogP contribution in [0.5, 0.6) is 5.75 Å². The number of halogens is 1. The molecule has 0 radical (unpaired) electrons. The van der Waals surface area contributed by atoms with Crippen molar-refractivity contribution in [2.24, 2.45) is 0 Å². The minimum Gasteiger partial charge on any atom is -0.497 e. The number of carbonyl (C=O) groups excluding carboxylic acids is 3. The van der Waals surface area contributed by atoms with Gasteiger partial charge in [0, 0.05) is 21.7 Å². The van der Waals surface area contributed by atoms with E-state index < -0.39 is 11.9 Å². The molecular weight excluding hydrogens is 476 g/mol. The van der Waals surface area contributed by atoms with Crippen LogP contribution in [0.2, 0.25) is 5.02 Å². The van der Waals surface area contributed by atoms with E-state index in [2.05, 4.69) is 5.32 Å². The van der Waals surface area contributed by atoms with E-state index in [-0.39, 0.29) is 44.2 Å². The van der Waals surface area contributed by atoms with Crippen LogP contribution in [-0.2, 0) is 25.5 Å². The maximum atomic E-state index is 13.3. The molecule has 0 spiro atoms. The van der Waals surface area contributed by atoms with Gasteiger partial charge in [0.05, 0.1) is 38.4 Å². The number of carboxylic acids is 1. The van der Waals surface area contributed by atoms with Crippen molar-refractivity contribution in [1.29, 1.82) is 0 Å². The van der Waals surface area contributed by atoms with Crippen molar-refractivity contribution in [2.75, 3.05) is 20.3 Å². The molecule has 0 bridgehead atoms. The number of fused-ring (bicyclic) bond motifs is 1. The number of carboxylic acid groups (broad SMARTS) is 1. The Kier molecular flexibility index (Phi) is 8.48. The van der Waals surface area contributed by atoms with Gasteiger partial charge >= 0.3 is 11.9 Å². The zero-order valence-corrected chi connectivity index (χ0v) is 20.1. The van der Waals surface area contributed by atoms with Gasteiger partial charge in [-0.1, -0.05) is 11.6 Å². The normalized spacial score (nSPS) is 10.7. The predicted octanol–water partition coefficient (Wildman–Crippen LogP) is 3.37. The molecule has 1 aromatic heterocycles. The number of carbonyl (C=O) groups is 4. The predicted molar refractivity (Wildman–Crippen MR) is 129 cm³/mol. The van der Waals surface area contributed by atoms with E-state index >= 15 is 0 Å². The highest BCUT2D eigenvalue weighted by molar-refractivity contribution is 6.30. The maximum Gasteiger partial charge on any atom is 0.306 e. The molecule has 0 saturated carbocycles. The number of hydrogen-bond donors (Lipinski definition) is 2. The highest BCUT2D eigenvalue weighted by atomic mass is 35.5. The number of aromatic nitrogens is 1. The molecule has 2 N–H and O–H groups in total. The molecule has 35 heavy (non-hydrogen) atoms. The molecule has 10 heteroatoms. The van der Waals surface area contributed by atoms with Crippen molar-refractivity contribution < 1.29 is 33.8 Å². The van der Waals surface area contributed by atoms with Crippen LogP contribution in [0.25, 0.3) is 10.9 Å². The van der Waals surface area contributed by atoms with Crippen molar-refractivity contribution in [3.05, 3.63) is 64.3 Å². The summed E-state index contributed by atoms with van der Waals surface area (Å²) in [6.07, 6.45) is -0.554. The Labute approximate surface area is 206 Å². The van der Waals surface area contributed by atoms with Gasteiger partial charge < -0.3 is 19.9 Å². The van der Waals surface area contributed by atoms with Crippen molar-refractivity contribution in [3.8, 4) is 5.75 Å². The van der Waals surface area contributed by atoms with Gasteiger partial charge in [-0.05, 0) is 55.0 Å². The number of hydrogen-bond acceptors (Lipinski definition) is 6. The maximum absolute atomic E-state index is 13.3. The first-order chi connectivity index (χ1) is 16.7. The van der Waals surface area contributed by atoms with E-state index in [4.69, 9.17) is 26.2 Å². The zero-order valence-electron chi connectivity index (χ0n) is 19.3. The number of methoxy groups -OCH3 is 1. The molecule has 0 aliphatic heterocycles. The standard InChI is InChI=1S/C25H25ClN2O7/c1-15-19(14-22(29)27-11-12-35-24(32)10-9-23(30)31)20-13-18(34-2)7-8-21(20)28(15)25(33)16-3-5-17(26)6-4-16/h3-8,13H,9-12,14H2,1-2H3,(H,27,29)(H,30,31). The Morgan fingerprint density at radius 3 is 2.43 bits per heavy atom. The first kappa shape index (κ1) is 25.8. The molecule has 0 fully saturated rings. The lowest BCUT2D eigenvalue weighted by Crippen LogP contribution is -2.29. The Morgan fingerprint density at radius 1 is 1.06 bits per heavy atom. The fourth-order valence-electron chi connectivity index (χ4n) is 3.66. The fraction of sp³-hybridized carbons (Fsp3) is 0.280. The lowest BCUT2D eigenvalue weighted by molar-refractivity contribution is -0.147. The second kappa shape index (κ2) is 11.5. The highest BCUT2D eigenvalue weighted by Crippen LogP contribution is 2.30. The fourth-order valence-corrected chi connectivity index (χ4v) is 3.78. The lowest BCUT2D eigenvalue weighted by atomic mass is 10.1. The van der Waals surface area contributed by atoms with Crippen LogP contribution in [0.4, 0.5) is 0 Å². The second-order valence-corrected chi connectivity index (χ2v) is 8.17. The van der Waals surface area contributed by atoms with E-state index in [1.165, 1.54) is 7.11 Å². The van der Waals surface area contributed by atoms with Crippen LogP contribution in [0.3, 0.4) is 0 Å². The molecule has 0 unspecified atom stereocenters. The van der Waals surface area contributed by atoms with Gasteiger partial charge in [-0.3, -0.25) is 23.7 Å². The van der Waals surface area contributed by atoms with Crippen molar-refractivity contribution >= 4 is 46.3 Å². The van der Waals surface area contributed by atoms with Gasteiger partial charge in [0.1, 0.15) is 12.4 Å². The quantitative estimate of drug-likeness (QED) is 0.323. The summed E-state index contributed by atoms with van der Waals surface area (Å²) in [7, 11) is 1.54. The molecule has 0 aliphatic rings. The number of amides is 1. The number of nitrogens with one attached hydrogen (secondary N) is 1. The van der Waals surface area contributed by atoms with Crippen LogP contribution in [0.1, 0.15) is 34.5 Å². The minimum absolute atomic E-state index is 0.0106. The van der Waals surface area contributed by atoms with E-state index in [1.807, 2.05) is 0 Å². The van der Waals surface area contributed by atoms with Gasteiger partial charge in [0.15, 0.2) is 0 Å². The molecule has 3 aromatic rings. The largest absolute Gasteiger partial charge is 0.497 e. The number of ether oxygens (including phenoxy) is 2. The van der Waals surface area contributed by atoms with E-state index in [9.17, 15) is 19.2 Å². The number of nitrogens with zero attached hydrogens (tertiary/aromatic N) is 1. The summed E-state index contributed by atoms with van der Waals surface area (Å²) in [4.78, 5) is 47.9. The summed E-state index contributed by atoms with van der Waals surface area (Å²) in [6.45, 7) is 1.77. The summed E-state index contributed by atoms with van der Waals surface area (Å²) < 4.78 is 11.8. The third-order valence-electron chi connectivity index (χ3n) is 5.40. The van der Waals surface area contributed by atoms with Gasteiger partial charge in [-0.25, -0.2) is 0 Å². The van der Waals surface area contributed by atoms with Crippen LogP contribution >= 0.6 is 11.6 Å². The number of rotatable bonds is 10. The van der Waals surface area contributed by atoms with Crippen LogP contribution in [-0.4, -0.2) is 53.7 Å². The second-order valence-electron chi connectivity index (χ2n) is 7.74. The summed E-state index contributed by atoms with van der Waals surface area (Å²) in [6, 6.07) is 11.9. The van der Waals surface area contributed by atoms with Crippen molar-refractivity contribution in [1.82, 2.24) is 9.88 Å². The molecule has 1 amide bonds. The van der Waals surface area contributed by atoms with Gasteiger partial charge in [0.25, 0.3) is 5.91 Å². The molecule has 0 saturated heterocycles. The topological polar surface area (TPSA) is 124 Å². The van der Waals surface area contributed by atoms with Gasteiger partial charge in [0.2, 0.25) is 5.91 Å². The SMILES string of the molecule is COc1ccc2c(c1)c(CC(=O)NCCOC(=O)CCC(=O)O)c(C)n2C(=O)c1ccc(Cl)cc1. The summed E-state index contributed by atoms with van der Waals surface area (Å²) >= 11 is 5.95. The van der Waals surface area contributed by atoms with Crippen LogP contribution < -0.4 is 10.1 Å². The summed E-state index contributed by atoms with van der Waals surface area (Å²) in [5, 5.41) is 12.5. The molecule has 0 aliphatic carbocycles. The Morgan fingerprint density at radius 2 is 1.77 bits per heavy atom. The Balaban J connectivity index is 1.77. The van der Waals surface area contributed by atoms with Gasteiger partial charge in [-0.15, -0.1) is 0 Å². The van der Waals surface area contributed by atoms with E-state index in [0.29, 0.717) is 38.5 Å². The van der Waals surface area contributed by atoms with Crippen LogP contribution in [0, 0.1) is 6.92 Å². The van der Waals surface area contributed by atoms with Crippen LogP contribution in [0.15, 0.2) is 42.5 Å². The highest BCUT2D eigenvalue weighted by Gasteiger charge is 2.22. The Bertz CT molecular complexity index is 1270. The molecule has 1 heterocycles. The third-order valence-corrected chi connectivity index (χ3v) is 5.66. The Hall–Kier alpha value is -3.85. The number of esters is 1. The smallest absolute Gasteiger partial charge is 0.306 e. The molecule has 0 atom stereocenters. The molecule has 3 rings (SSSR count). The number of aliphatic carboxylic acids is 1. The minimum atomic E-state index is -1.09. The molecule has 184 valence electrons. The third kappa shape index (κ3) is 6.39. The van der Waals surface area contributed by atoms with Gasteiger partial charge in [-0.2, -0.15) is 0 Å². The zero-order chi connectivity index (χ0) is 25.5. The molecule has 2 aromatic carbocycles. The lowest BCUT2D eigenvalue weighted by Gasteiger charge is -2.09. The van der Waals surface area contributed by atoms with E-state index in [0.717, 1.165) is 0 Å². The van der Waals surface area contributed by atoms with Crippen molar-refractivity contribution in [2.45, 2.75) is 26.2 Å². The molecule has 9 nitrogen and oxygen atoms in total. The monoisotopic (exact) mass is 500 g/mol. The average Bonchev–Trinajstić information content (AvgIpc) is 3.10. The first-order valence-corrected chi connectivity index (χ1v) is 11.2. The average molecular weight is 501 g/mol. The summed E-state index contributed by atoms with van der Waals surface area (Å²) in [5.41, 5.74) is 2.37.